The summed E-state index contributed by atoms with van der Waals surface area (Å²) in [6, 6.07) is 19.7. The van der Waals surface area contributed by atoms with Crippen molar-refractivity contribution in [3.05, 3.63) is 99.9 Å². The van der Waals surface area contributed by atoms with Crippen LogP contribution < -0.4 is 15.1 Å². The van der Waals surface area contributed by atoms with E-state index >= 15 is 0 Å². The maximum absolute atomic E-state index is 13.5. The fourth-order valence-electron chi connectivity index (χ4n) is 3.96. The van der Waals surface area contributed by atoms with Crippen molar-refractivity contribution in [1.29, 1.82) is 0 Å². The Morgan fingerprint density at radius 1 is 0.967 bits per heavy atom. The second-order valence-corrected chi connectivity index (χ2v) is 7.04. The third-order valence-corrected chi connectivity index (χ3v) is 5.30. The van der Waals surface area contributed by atoms with E-state index in [2.05, 4.69) is 0 Å². The molecule has 1 aromatic heterocycles. The number of carbonyl (C=O) groups excluding carboxylic acids is 1. The predicted molar refractivity (Wildman–Crippen MR) is 112 cm³/mol. The molecule has 5 rings (SSSR count). The molecule has 0 bridgehead atoms. The van der Waals surface area contributed by atoms with Crippen LogP contribution in [0, 0.1) is 0 Å². The van der Waals surface area contributed by atoms with E-state index in [0.717, 1.165) is 0 Å². The van der Waals surface area contributed by atoms with Crippen LogP contribution in [0.4, 0.5) is 5.69 Å². The lowest BCUT2D eigenvalue weighted by molar-refractivity contribution is 0.0971. The van der Waals surface area contributed by atoms with Gasteiger partial charge in [-0.1, -0.05) is 30.3 Å². The van der Waals surface area contributed by atoms with Crippen molar-refractivity contribution in [1.82, 2.24) is 0 Å². The van der Waals surface area contributed by atoms with Gasteiger partial charge in [-0.2, -0.15) is 0 Å². The molecule has 6 nitrogen and oxygen atoms in total. The monoisotopic (exact) mass is 399 g/mol. The van der Waals surface area contributed by atoms with Crippen LogP contribution in [0.15, 0.2) is 82.0 Å². The topological polar surface area (TPSA) is 80.0 Å². The van der Waals surface area contributed by atoms with E-state index in [1.165, 1.54) is 4.90 Å². The lowest BCUT2D eigenvalue weighted by atomic mass is 9.98. The minimum Gasteiger partial charge on any atom is -0.508 e. The summed E-state index contributed by atoms with van der Waals surface area (Å²) < 4.78 is 11.2. The molecule has 0 saturated carbocycles. The van der Waals surface area contributed by atoms with Crippen molar-refractivity contribution in [2.75, 3.05) is 12.0 Å². The maximum atomic E-state index is 13.5. The van der Waals surface area contributed by atoms with Gasteiger partial charge in [-0.05, 0) is 42.0 Å². The van der Waals surface area contributed by atoms with Crippen molar-refractivity contribution in [2.45, 2.75) is 6.04 Å². The molecule has 1 N–H and O–H groups in total. The summed E-state index contributed by atoms with van der Waals surface area (Å²) in [5, 5.41) is 10.4. The van der Waals surface area contributed by atoms with Gasteiger partial charge >= 0.3 is 0 Å². The number of carbonyl (C=O) groups is 1. The fourth-order valence-corrected chi connectivity index (χ4v) is 3.96. The summed E-state index contributed by atoms with van der Waals surface area (Å²) in [4.78, 5) is 28.4. The molecule has 1 amide bonds. The smallest absolute Gasteiger partial charge is 0.295 e. The van der Waals surface area contributed by atoms with Crippen molar-refractivity contribution >= 4 is 22.6 Å². The molecule has 0 saturated heterocycles. The largest absolute Gasteiger partial charge is 0.508 e. The Morgan fingerprint density at radius 2 is 1.77 bits per heavy atom. The average Bonchev–Trinajstić information content (AvgIpc) is 3.07. The van der Waals surface area contributed by atoms with Crippen LogP contribution in [0.25, 0.3) is 11.0 Å². The van der Waals surface area contributed by atoms with Crippen molar-refractivity contribution in [2.24, 2.45) is 0 Å². The second kappa shape index (κ2) is 6.77. The third-order valence-electron chi connectivity index (χ3n) is 5.30. The number of phenolic OH excluding ortho intramolecular Hbond substituents is 1. The Kier molecular flexibility index (Phi) is 4.06. The molecule has 1 atom stereocenters. The Labute approximate surface area is 171 Å². The number of anilines is 1. The van der Waals surface area contributed by atoms with E-state index in [0.29, 0.717) is 28.0 Å². The Bertz CT molecular complexity index is 1360. The van der Waals surface area contributed by atoms with Crippen LogP contribution in [0.3, 0.4) is 0 Å². The standard InChI is InChI=1S/C24H17NO5/c1-29-17-9-5-7-15(13-17)25-21(14-6-4-8-16(26)12-14)20-22(27)18-10-2-3-11-19(18)30-23(20)24(25)28/h2-13,21,26H,1H3. The highest BCUT2D eigenvalue weighted by Gasteiger charge is 2.43. The van der Waals surface area contributed by atoms with Gasteiger partial charge < -0.3 is 14.3 Å². The van der Waals surface area contributed by atoms with Gasteiger partial charge in [0.15, 0.2) is 5.43 Å². The number of aromatic hydroxyl groups is 1. The first kappa shape index (κ1) is 18.0. The van der Waals surface area contributed by atoms with Crippen molar-refractivity contribution < 1.29 is 19.1 Å². The van der Waals surface area contributed by atoms with E-state index < -0.39 is 11.9 Å². The summed E-state index contributed by atoms with van der Waals surface area (Å²) >= 11 is 0. The minimum absolute atomic E-state index is 0.00913. The highest BCUT2D eigenvalue weighted by atomic mass is 16.5. The van der Waals surface area contributed by atoms with Crippen LogP contribution in [-0.2, 0) is 0 Å². The summed E-state index contributed by atoms with van der Waals surface area (Å²) in [6.07, 6.45) is 0. The van der Waals surface area contributed by atoms with Gasteiger partial charge in [-0.15, -0.1) is 0 Å². The SMILES string of the molecule is COc1cccc(N2C(=O)c3oc4ccccc4c(=O)c3C2c2cccc(O)c2)c1. The molecule has 3 aromatic carbocycles. The van der Waals surface area contributed by atoms with E-state index in [-0.39, 0.29) is 22.5 Å². The minimum atomic E-state index is -0.743. The van der Waals surface area contributed by atoms with Gasteiger partial charge in [-0.3, -0.25) is 14.5 Å². The number of hydrogen-bond acceptors (Lipinski definition) is 5. The average molecular weight is 399 g/mol. The van der Waals surface area contributed by atoms with E-state index in [9.17, 15) is 14.7 Å². The Balaban J connectivity index is 1.82. The number of amides is 1. The summed E-state index contributed by atoms with van der Waals surface area (Å²) in [7, 11) is 1.55. The van der Waals surface area contributed by atoms with Crippen molar-refractivity contribution in [3.8, 4) is 11.5 Å². The van der Waals surface area contributed by atoms with Crippen LogP contribution in [0.2, 0.25) is 0 Å². The van der Waals surface area contributed by atoms with Crippen LogP contribution in [0.5, 0.6) is 11.5 Å². The first-order chi connectivity index (χ1) is 14.6. The van der Waals surface area contributed by atoms with Gasteiger partial charge in [0, 0.05) is 11.8 Å². The number of phenols is 1. The zero-order valence-electron chi connectivity index (χ0n) is 16.0. The second-order valence-electron chi connectivity index (χ2n) is 7.04. The number of para-hydroxylation sites is 1. The van der Waals surface area contributed by atoms with Crippen molar-refractivity contribution in [3.63, 3.8) is 0 Å². The summed E-state index contributed by atoms with van der Waals surface area (Å²) in [6.45, 7) is 0. The van der Waals surface area contributed by atoms with E-state index in [1.54, 1.807) is 79.9 Å². The lowest BCUT2D eigenvalue weighted by Crippen LogP contribution is -2.29. The number of benzene rings is 3. The maximum Gasteiger partial charge on any atom is 0.295 e. The van der Waals surface area contributed by atoms with Gasteiger partial charge in [-0.25, -0.2) is 0 Å². The molecule has 148 valence electrons. The van der Waals surface area contributed by atoms with Gasteiger partial charge in [0.05, 0.1) is 24.1 Å². The van der Waals surface area contributed by atoms with Gasteiger partial charge in [0.25, 0.3) is 5.91 Å². The first-order valence-electron chi connectivity index (χ1n) is 9.41. The summed E-state index contributed by atoms with van der Waals surface area (Å²) in [5.74, 6) is 0.212. The fraction of sp³-hybridized carbons (Fsp3) is 0.0833. The number of hydrogen-bond donors (Lipinski definition) is 1. The number of ether oxygens (including phenoxy) is 1. The Hall–Kier alpha value is -4.06. The predicted octanol–water partition coefficient (Wildman–Crippen LogP) is 4.26. The normalized spacial score (nSPS) is 15.4. The van der Waals surface area contributed by atoms with Crippen LogP contribution >= 0.6 is 0 Å². The molecule has 6 heteroatoms. The zero-order chi connectivity index (χ0) is 20.8. The number of methoxy groups -OCH3 is 1. The zero-order valence-corrected chi connectivity index (χ0v) is 16.0. The molecule has 1 aliphatic heterocycles. The quantitative estimate of drug-likeness (QED) is 0.557. The molecule has 4 aromatic rings. The molecular weight excluding hydrogens is 382 g/mol. The van der Waals surface area contributed by atoms with Crippen LogP contribution in [-0.4, -0.2) is 18.1 Å². The molecular formula is C24H17NO5. The molecule has 2 heterocycles. The molecule has 0 spiro atoms. The number of fused-ring (bicyclic) bond motifs is 2. The number of nitrogens with zero attached hydrogens (tertiary/aromatic N) is 1. The molecule has 0 radical (unpaired) electrons. The molecule has 0 fully saturated rings. The van der Waals surface area contributed by atoms with E-state index in [1.807, 2.05) is 0 Å². The summed E-state index contributed by atoms with van der Waals surface area (Å²) in [5.41, 5.74) is 1.51. The molecule has 1 aliphatic rings. The highest BCUT2D eigenvalue weighted by molar-refractivity contribution is 6.10. The first-order valence-corrected chi connectivity index (χ1v) is 9.41. The molecule has 0 aliphatic carbocycles. The van der Waals surface area contributed by atoms with Gasteiger partial charge in [0.2, 0.25) is 5.76 Å². The van der Waals surface area contributed by atoms with Crippen LogP contribution in [0.1, 0.15) is 27.7 Å². The number of rotatable bonds is 3. The third kappa shape index (κ3) is 2.65. The van der Waals surface area contributed by atoms with Gasteiger partial charge in [0.1, 0.15) is 17.1 Å². The highest BCUT2D eigenvalue weighted by Crippen LogP contribution is 2.42. The Morgan fingerprint density at radius 3 is 2.57 bits per heavy atom. The van der Waals surface area contributed by atoms with E-state index in [4.69, 9.17) is 9.15 Å². The molecule has 1 unspecified atom stereocenters. The molecule has 30 heavy (non-hydrogen) atoms. The lowest BCUT2D eigenvalue weighted by Gasteiger charge is -2.25.